The number of benzene rings is 2. The molecule has 0 saturated heterocycles. The van der Waals surface area contributed by atoms with Crippen molar-refractivity contribution in [2.24, 2.45) is 0 Å². The normalized spacial score (nSPS) is 9.84. The lowest BCUT2D eigenvalue weighted by Crippen LogP contribution is -1.94. The first-order valence-corrected chi connectivity index (χ1v) is 7.50. The first kappa shape index (κ1) is 19.1. The molecule has 0 atom stereocenters. The van der Waals surface area contributed by atoms with Crippen LogP contribution in [-0.2, 0) is 4.74 Å². The van der Waals surface area contributed by atoms with Gasteiger partial charge in [-0.2, -0.15) is 0 Å². The first-order chi connectivity index (χ1) is 11.9. The van der Waals surface area contributed by atoms with Crippen molar-refractivity contribution in [2.75, 3.05) is 13.2 Å². The van der Waals surface area contributed by atoms with Gasteiger partial charge in [0.05, 0.1) is 21.2 Å². The number of halogens is 6. The highest BCUT2D eigenvalue weighted by Crippen LogP contribution is 2.20. The van der Waals surface area contributed by atoms with Crippen LogP contribution in [0.15, 0.2) is 24.3 Å². The van der Waals surface area contributed by atoms with Gasteiger partial charge in [0, 0.05) is 0 Å². The largest absolute Gasteiger partial charge is 0.356 e. The number of hydrogen-bond donors (Lipinski definition) is 0. The van der Waals surface area contributed by atoms with E-state index >= 15 is 0 Å². The number of rotatable bonds is 2. The Morgan fingerprint density at radius 3 is 1.48 bits per heavy atom. The molecule has 2 aromatic rings. The quantitative estimate of drug-likeness (QED) is 0.306. The molecule has 1 nitrogen and oxygen atoms in total. The highest BCUT2D eigenvalue weighted by atomic mass is 35.5. The Labute approximate surface area is 151 Å². The van der Waals surface area contributed by atoms with Crippen molar-refractivity contribution in [3.8, 4) is 23.7 Å². The third kappa shape index (κ3) is 4.90. The molecule has 0 aliphatic heterocycles. The maximum absolute atomic E-state index is 13.5. The van der Waals surface area contributed by atoms with E-state index in [1.165, 1.54) is 24.3 Å². The van der Waals surface area contributed by atoms with Gasteiger partial charge >= 0.3 is 0 Å². The highest BCUT2D eigenvalue weighted by Gasteiger charge is 2.10. The van der Waals surface area contributed by atoms with Gasteiger partial charge in [-0.3, -0.25) is 0 Å². The molecular weight excluding hydrogens is 379 g/mol. The predicted molar refractivity (Wildman–Crippen MR) is 87.3 cm³/mol. The molecule has 25 heavy (non-hydrogen) atoms. The summed E-state index contributed by atoms with van der Waals surface area (Å²) in [6.07, 6.45) is 0. The Bertz CT molecular complexity index is 845. The van der Waals surface area contributed by atoms with Gasteiger partial charge in [0.1, 0.15) is 13.2 Å². The third-order valence-corrected chi connectivity index (χ3v) is 3.45. The van der Waals surface area contributed by atoms with Crippen LogP contribution < -0.4 is 0 Å². The maximum atomic E-state index is 13.5. The van der Waals surface area contributed by atoms with Crippen molar-refractivity contribution < 1.29 is 22.3 Å². The van der Waals surface area contributed by atoms with Crippen LogP contribution in [0, 0.1) is 47.0 Å². The second-order valence-electron chi connectivity index (χ2n) is 4.54. The Hall–Kier alpha value is -2.18. The summed E-state index contributed by atoms with van der Waals surface area (Å²) >= 11 is 10.8. The summed E-state index contributed by atoms with van der Waals surface area (Å²) in [5.74, 6) is 5.12. The minimum absolute atomic E-state index is 0.115. The van der Waals surface area contributed by atoms with Gasteiger partial charge in [0.15, 0.2) is 23.3 Å². The van der Waals surface area contributed by atoms with Crippen LogP contribution in [0.25, 0.3) is 0 Å². The smallest absolute Gasteiger partial charge is 0.178 e. The average Bonchev–Trinajstić information content (AvgIpc) is 2.60. The summed E-state index contributed by atoms with van der Waals surface area (Å²) in [4.78, 5) is 0. The van der Waals surface area contributed by atoms with Crippen molar-refractivity contribution in [1.82, 2.24) is 0 Å². The summed E-state index contributed by atoms with van der Waals surface area (Å²) in [6.45, 7) is -0.231. The molecule has 0 aliphatic carbocycles. The Morgan fingerprint density at radius 2 is 1.08 bits per heavy atom. The molecule has 0 aromatic heterocycles. The average molecular weight is 387 g/mol. The molecule has 0 spiro atoms. The fraction of sp³-hybridized carbons (Fsp3) is 0.111. The van der Waals surface area contributed by atoms with Gasteiger partial charge in [-0.15, -0.1) is 0 Å². The molecule has 0 unspecified atom stereocenters. The molecule has 0 heterocycles. The van der Waals surface area contributed by atoms with E-state index in [1.54, 1.807) is 0 Å². The Kier molecular flexibility index (Phi) is 6.73. The van der Waals surface area contributed by atoms with Crippen molar-refractivity contribution in [3.63, 3.8) is 0 Å². The standard InChI is InChI=1S/C18H8Cl2F4O/c19-13-7-5-11(15(21)17(13)23)3-1-9-25-10-2-4-12-6-8-14(20)18(24)16(12)22/h5-8H,9-10H2. The molecule has 0 bridgehead atoms. The molecule has 0 radical (unpaired) electrons. The Morgan fingerprint density at radius 1 is 0.680 bits per heavy atom. The van der Waals surface area contributed by atoms with Gasteiger partial charge in [-0.1, -0.05) is 46.9 Å². The van der Waals surface area contributed by atoms with E-state index in [0.29, 0.717) is 0 Å². The van der Waals surface area contributed by atoms with Crippen molar-refractivity contribution >= 4 is 23.2 Å². The topological polar surface area (TPSA) is 9.23 Å². The minimum atomic E-state index is -1.17. The van der Waals surface area contributed by atoms with E-state index < -0.39 is 23.3 Å². The van der Waals surface area contributed by atoms with E-state index in [4.69, 9.17) is 27.9 Å². The molecule has 2 aromatic carbocycles. The second-order valence-corrected chi connectivity index (χ2v) is 5.36. The summed E-state index contributed by atoms with van der Waals surface area (Å²) in [5.41, 5.74) is -0.314. The molecule has 0 fully saturated rings. The van der Waals surface area contributed by atoms with Gasteiger partial charge in [0.25, 0.3) is 0 Å². The van der Waals surface area contributed by atoms with Crippen molar-refractivity contribution in [2.45, 2.75) is 0 Å². The van der Waals surface area contributed by atoms with Crippen molar-refractivity contribution in [3.05, 3.63) is 68.7 Å². The lowest BCUT2D eigenvalue weighted by atomic mass is 10.2. The number of ether oxygens (including phenoxy) is 1. The SMILES string of the molecule is Fc1c(Cl)ccc(C#CCOCC#Cc2ccc(Cl)c(F)c2F)c1F. The van der Waals surface area contributed by atoms with E-state index in [-0.39, 0.29) is 34.4 Å². The summed E-state index contributed by atoms with van der Waals surface area (Å²) in [7, 11) is 0. The zero-order valence-corrected chi connectivity index (χ0v) is 13.9. The minimum Gasteiger partial charge on any atom is -0.356 e. The van der Waals surface area contributed by atoms with Crippen LogP contribution in [0.4, 0.5) is 17.6 Å². The third-order valence-electron chi connectivity index (χ3n) is 2.86. The molecule has 7 heteroatoms. The fourth-order valence-corrected chi connectivity index (χ4v) is 1.95. The summed E-state index contributed by atoms with van der Waals surface area (Å²) in [5, 5.41) is -0.666. The molecular formula is C18H8Cl2F4O. The first-order valence-electron chi connectivity index (χ1n) is 6.74. The van der Waals surface area contributed by atoms with Crippen LogP contribution in [0.5, 0.6) is 0 Å². The van der Waals surface area contributed by atoms with E-state index in [9.17, 15) is 17.6 Å². The lowest BCUT2D eigenvalue weighted by Gasteiger charge is -1.98. The molecule has 0 amide bonds. The molecule has 0 aliphatic rings. The Balaban J connectivity index is 1.90. The highest BCUT2D eigenvalue weighted by molar-refractivity contribution is 6.31. The maximum Gasteiger partial charge on any atom is 0.178 e. The van der Waals surface area contributed by atoms with Crippen LogP contribution >= 0.6 is 23.2 Å². The molecule has 0 saturated carbocycles. The van der Waals surface area contributed by atoms with Crippen LogP contribution in [0.3, 0.4) is 0 Å². The van der Waals surface area contributed by atoms with E-state index in [0.717, 1.165) is 0 Å². The van der Waals surface area contributed by atoms with E-state index in [2.05, 4.69) is 23.7 Å². The molecule has 2 rings (SSSR count). The molecule has 128 valence electrons. The monoisotopic (exact) mass is 386 g/mol. The van der Waals surface area contributed by atoms with Gasteiger partial charge in [0.2, 0.25) is 0 Å². The van der Waals surface area contributed by atoms with Gasteiger partial charge in [-0.05, 0) is 24.3 Å². The predicted octanol–water partition coefficient (Wildman–Crippen LogP) is 4.97. The van der Waals surface area contributed by atoms with Gasteiger partial charge in [-0.25, -0.2) is 17.6 Å². The van der Waals surface area contributed by atoms with Crippen LogP contribution in [-0.4, -0.2) is 13.2 Å². The van der Waals surface area contributed by atoms with Crippen molar-refractivity contribution in [1.29, 1.82) is 0 Å². The lowest BCUT2D eigenvalue weighted by molar-refractivity contribution is 0.204. The zero-order valence-electron chi connectivity index (χ0n) is 12.4. The zero-order chi connectivity index (χ0) is 18.4. The van der Waals surface area contributed by atoms with Gasteiger partial charge < -0.3 is 4.74 Å². The van der Waals surface area contributed by atoms with Crippen LogP contribution in [0.2, 0.25) is 10.0 Å². The molecule has 0 N–H and O–H groups in total. The number of hydrogen-bond acceptors (Lipinski definition) is 1. The summed E-state index contributed by atoms with van der Waals surface area (Å²) in [6, 6.07) is 4.86. The van der Waals surface area contributed by atoms with E-state index in [1.807, 2.05) is 0 Å². The van der Waals surface area contributed by atoms with Crippen LogP contribution in [0.1, 0.15) is 11.1 Å². The second kappa shape index (κ2) is 8.78. The summed E-state index contributed by atoms with van der Waals surface area (Å²) < 4.78 is 58.4. The fourth-order valence-electron chi connectivity index (χ4n) is 1.66.